The Kier molecular flexibility index (Phi) is 7.89. The van der Waals surface area contributed by atoms with Gasteiger partial charge in [0.25, 0.3) is 0 Å². The highest BCUT2D eigenvalue weighted by Crippen LogP contribution is 2.28. The van der Waals surface area contributed by atoms with Crippen LogP contribution in [0.2, 0.25) is 5.02 Å². The van der Waals surface area contributed by atoms with Crippen LogP contribution < -0.4 is 10.5 Å². The third kappa shape index (κ3) is 6.23. The Morgan fingerprint density at radius 2 is 1.88 bits per heavy atom. The van der Waals surface area contributed by atoms with Crippen LogP contribution in [0.3, 0.4) is 0 Å². The van der Waals surface area contributed by atoms with Gasteiger partial charge in [0.2, 0.25) is 0 Å². The van der Waals surface area contributed by atoms with Crippen molar-refractivity contribution in [3.05, 3.63) is 64.7 Å². The predicted molar refractivity (Wildman–Crippen MR) is 122 cm³/mol. The van der Waals surface area contributed by atoms with Crippen molar-refractivity contribution in [2.45, 2.75) is 18.9 Å². The normalized spacial score (nSPS) is 14.8. The van der Waals surface area contributed by atoms with E-state index in [0.29, 0.717) is 48.0 Å². The summed E-state index contributed by atoms with van der Waals surface area (Å²) in [6, 6.07) is 12.7. The van der Waals surface area contributed by atoms with Crippen LogP contribution in [-0.2, 0) is 14.4 Å². The van der Waals surface area contributed by atoms with Crippen molar-refractivity contribution in [3.8, 4) is 5.75 Å². The van der Waals surface area contributed by atoms with Crippen molar-refractivity contribution in [1.29, 1.82) is 5.41 Å². The summed E-state index contributed by atoms with van der Waals surface area (Å²) in [5.74, 6) is -1.87. The number of carbonyl (C=O) groups is 3. The zero-order valence-corrected chi connectivity index (χ0v) is 18.6. The average Bonchev–Trinajstić information content (AvgIpc) is 2.78. The second kappa shape index (κ2) is 10.8. The highest BCUT2D eigenvalue weighted by Gasteiger charge is 2.37. The number of amidine groups is 1. The Labute approximate surface area is 196 Å². The molecule has 0 bridgehead atoms. The molecule has 0 aliphatic carbocycles. The van der Waals surface area contributed by atoms with Crippen molar-refractivity contribution in [2.75, 3.05) is 26.2 Å². The second-order valence-corrected chi connectivity index (χ2v) is 8.04. The number of aliphatic carboxylic acids is 1. The average molecular weight is 473 g/mol. The van der Waals surface area contributed by atoms with Gasteiger partial charge in [0.15, 0.2) is 0 Å². The third-order valence-corrected chi connectivity index (χ3v) is 5.56. The number of ether oxygens (including phenoxy) is 1. The first-order chi connectivity index (χ1) is 15.8. The molecule has 0 spiro atoms. The van der Waals surface area contributed by atoms with Crippen LogP contribution in [0, 0.1) is 5.41 Å². The Morgan fingerprint density at radius 1 is 1.15 bits per heavy atom. The minimum Gasteiger partial charge on any atom is -0.494 e. The Bertz CT molecular complexity index is 1040. The molecular formula is C23H25ClN4O5. The van der Waals surface area contributed by atoms with E-state index in [9.17, 15) is 19.5 Å². The first kappa shape index (κ1) is 24.1. The van der Waals surface area contributed by atoms with E-state index in [2.05, 4.69) is 0 Å². The fraction of sp³-hybridized carbons (Fsp3) is 0.304. The van der Waals surface area contributed by atoms with E-state index in [0.717, 1.165) is 0 Å². The lowest BCUT2D eigenvalue weighted by Crippen LogP contribution is -2.55. The third-order valence-electron chi connectivity index (χ3n) is 5.33. The van der Waals surface area contributed by atoms with Gasteiger partial charge in [-0.15, -0.1) is 0 Å². The molecule has 10 heteroatoms. The quantitative estimate of drug-likeness (QED) is 0.210. The smallest absolute Gasteiger partial charge is 0.312 e. The SMILES string of the molecule is N=C(N)c1ccc(OCCCN2CCN(C(CC(=O)O)c3cccc(Cl)c3)C(=O)C2=O)cc1. The maximum Gasteiger partial charge on any atom is 0.312 e. The maximum absolute atomic E-state index is 12.8. The summed E-state index contributed by atoms with van der Waals surface area (Å²) in [5, 5.41) is 17.1. The number of carboxylic acids is 1. The van der Waals surface area contributed by atoms with Crippen molar-refractivity contribution in [1.82, 2.24) is 9.80 Å². The fourth-order valence-electron chi connectivity index (χ4n) is 3.66. The molecule has 0 aromatic heterocycles. The van der Waals surface area contributed by atoms with E-state index in [1.165, 1.54) is 9.80 Å². The van der Waals surface area contributed by atoms with E-state index in [1.54, 1.807) is 48.5 Å². The number of nitrogen functional groups attached to an aromatic ring is 1. The molecule has 3 rings (SSSR count). The number of benzene rings is 2. The van der Waals surface area contributed by atoms with E-state index in [-0.39, 0.29) is 18.8 Å². The minimum atomic E-state index is -1.07. The van der Waals surface area contributed by atoms with Gasteiger partial charge in [0.1, 0.15) is 11.6 Å². The van der Waals surface area contributed by atoms with Gasteiger partial charge < -0.3 is 25.4 Å². The lowest BCUT2D eigenvalue weighted by Gasteiger charge is -2.38. The van der Waals surface area contributed by atoms with Crippen LogP contribution >= 0.6 is 11.6 Å². The minimum absolute atomic E-state index is 0.0233. The first-order valence-electron chi connectivity index (χ1n) is 10.4. The molecule has 1 unspecified atom stereocenters. The largest absolute Gasteiger partial charge is 0.494 e. The number of hydrogen-bond acceptors (Lipinski definition) is 5. The number of piperazine rings is 1. The Balaban J connectivity index is 1.56. The molecule has 0 saturated carbocycles. The molecule has 4 N–H and O–H groups in total. The maximum atomic E-state index is 12.8. The van der Waals surface area contributed by atoms with Gasteiger partial charge in [-0.05, 0) is 48.4 Å². The summed E-state index contributed by atoms with van der Waals surface area (Å²) < 4.78 is 5.64. The van der Waals surface area contributed by atoms with Crippen LogP contribution in [0.5, 0.6) is 5.75 Å². The topological polar surface area (TPSA) is 137 Å². The zero-order valence-electron chi connectivity index (χ0n) is 17.9. The van der Waals surface area contributed by atoms with Crippen LogP contribution in [0.25, 0.3) is 0 Å². The summed E-state index contributed by atoms with van der Waals surface area (Å²) in [6.45, 7) is 1.20. The molecule has 2 amide bonds. The van der Waals surface area contributed by atoms with Gasteiger partial charge in [0, 0.05) is 30.2 Å². The Hall–Kier alpha value is -3.59. The summed E-state index contributed by atoms with van der Waals surface area (Å²) >= 11 is 6.04. The van der Waals surface area contributed by atoms with Gasteiger partial charge in [-0.3, -0.25) is 19.8 Å². The number of nitrogens with two attached hydrogens (primary N) is 1. The molecule has 33 heavy (non-hydrogen) atoms. The first-order valence-corrected chi connectivity index (χ1v) is 10.8. The molecule has 1 aliphatic rings. The van der Waals surface area contributed by atoms with Gasteiger partial charge in [-0.1, -0.05) is 23.7 Å². The number of carboxylic acid groups (broad SMARTS) is 1. The number of halogens is 1. The van der Waals surface area contributed by atoms with Crippen molar-refractivity contribution < 1.29 is 24.2 Å². The lowest BCUT2D eigenvalue weighted by atomic mass is 10.0. The van der Waals surface area contributed by atoms with Crippen molar-refractivity contribution >= 4 is 35.2 Å². The number of amides is 2. The van der Waals surface area contributed by atoms with E-state index >= 15 is 0 Å². The second-order valence-electron chi connectivity index (χ2n) is 7.60. The van der Waals surface area contributed by atoms with Crippen LogP contribution in [-0.4, -0.2) is 64.8 Å². The number of nitrogens with zero attached hydrogens (tertiary/aromatic N) is 2. The van der Waals surface area contributed by atoms with Crippen LogP contribution in [0.15, 0.2) is 48.5 Å². The number of rotatable bonds is 10. The van der Waals surface area contributed by atoms with E-state index in [4.69, 9.17) is 27.5 Å². The highest BCUT2D eigenvalue weighted by molar-refractivity contribution is 6.35. The number of hydrogen-bond donors (Lipinski definition) is 3. The molecule has 1 heterocycles. The molecule has 1 atom stereocenters. The molecule has 2 aromatic rings. The molecule has 1 aliphatic heterocycles. The number of nitrogens with one attached hydrogen (secondary N) is 1. The molecule has 1 saturated heterocycles. The van der Waals surface area contributed by atoms with Gasteiger partial charge >= 0.3 is 17.8 Å². The van der Waals surface area contributed by atoms with Crippen molar-refractivity contribution in [3.63, 3.8) is 0 Å². The zero-order chi connectivity index (χ0) is 24.0. The highest BCUT2D eigenvalue weighted by atomic mass is 35.5. The van der Waals surface area contributed by atoms with E-state index in [1.807, 2.05) is 0 Å². The summed E-state index contributed by atoms with van der Waals surface area (Å²) in [5.41, 5.74) is 6.60. The molecular weight excluding hydrogens is 448 g/mol. The Morgan fingerprint density at radius 3 is 2.52 bits per heavy atom. The van der Waals surface area contributed by atoms with Gasteiger partial charge in [-0.2, -0.15) is 0 Å². The monoisotopic (exact) mass is 472 g/mol. The van der Waals surface area contributed by atoms with Crippen LogP contribution in [0.4, 0.5) is 0 Å². The summed E-state index contributed by atoms with van der Waals surface area (Å²) in [7, 11) is 0. The van der Waals surface area contributed by atoms with Crippen molar-refractivity contribution in [2.24, 2.45) is 5.73 Å². The predicted octanol–water partition coefficient (Wildman–Crippen LogP) is 2.28. The summed E-state index contributed by atoms with van der Waals surface area (Å²) in [6.07, 6.45) is 0.190. The van der Waals surface area contributed by atoms with E-state index < -0.39 is 23.8 Å². The number of carbonyl (C=O) groups excluding carboxylic acids is 2. The van der Waals surface area contributed by atoms with Gasteiger partial charge in [-0.25, -0.2) is 0 Å². The van der Waals surface area contributed by atoms with Gasteiger partial charge in [0.05, 0.1) is 19.1 Å². The molecule has 1 fully saturated rings. The molecule has 9 nitrogen and oxygen atoms in total. The standard InChI is InChI=1S/C23H25ClN4O5/c24-17-4-1-3-16(13-17)19(14-20(29)30)28-11-10-27(22(31)23(28)32)9-2-12-33-18-7-5-15(6-8-18)21(25)26/h1,3-8,13,19H,2,9-12,14H2,(H3,25,26)(H,29,30). The summed E-state index contributed by atoms with van der Waals surface area (Å²) in [4.78, 5) is 39.7. The van der Waals surface area contributed by atoms with Crippen LogP contribution in [0.1, 0.15) is 30.0 Å². The molecule has 0 radical (unpaired) electrons. The molecule has 2 aromatic carbocycles. The lowest BCUT2D eigenvalue weighted by molar-refractivity contribution is -0.159. The fourth-order valence-corrected chi connectivity index (χ4v) is 3.86. The molecule has 174 valence electrons.